The molecular weight excluding hydrogens is 1040 g/mol. The van der Waals surface area contributed by atoms with Gasteiger partial charge in [0.25, 0.3) is 0 Å². The molecule has 2 spiro atoms. The van der Waals surface area contributed by atoms with Gasteiger partial charge < -0.3 is 62.0 Å². The van der Waals surface area contributed by atoms with E-state index >= 15 is 0 Å². The number of phenolic OH excluding ortho intramolecular Hbond substituents is 1. The molecular formula is C65H99N7O6S2. The van der Waals surface area contributed by atoms with Gasteiger partial charge in [-0.2, -0.15) is 0 Å². The van der Waals surface area contributed by atoms with Crippen LogP contribution in [0, 0.1) is 52.3 Å². The van der Waals surface area contributed by atoms with Gasteiger partial charge in [0.15, 0.2) is 17.5 Å². The normalized spacial score (nSPS) is 33.5. The number of phenols is 1. The van der Waals surface area contributed by atoms with Crippen LogP contribution in [0.15, 0.2) is 51.9 Å². The highest BCUT2D eigenvalue weighted by atomic mass is 33.1. The van der Waals surface area contributed by atoms with Crippen LogP contribution in [-0.4, -0.2) is 99.9 Å². The highest BCUT2D eigenvalue weighted by Gasteiger charge is 2.65. The first-order chi connectivity index (χ1) is 38.9. The number of ether oxygens (including phenoxy) is 1. The number of H-pyrrole nitrogens is 1. The van der Waals surface area contributed by atoms with Gasteiger partial charge >= 0.3 is 0 Å². The van der Waals surface area contributed by atoms with E-state index in [0.717, 1.165) is 72.1 Å². The van der Waals surface area contributed by atoms with Crippen molar-refractivity contribution in [3.8, 4) is 11.5 Å². The first-order valence-electron chi connectivity index (χ1n) is 31.8. The number of likely N-dealkylation sites (N-methyl/N-ethyl adjacent to an activating group) is 1. The average Bonchev–Trinajstić information content (AvgIpc) is 2.25. The van der Waals surface area contributed by atoms with E-state index in [4.69, 9.17) is 25.6 Å². The van der Waals surface area contributed by atoms with Gasteiger partial charge in [0.05, 0.1) is 18.8 Å². The monoisotopic (exact) mass is 1140 g/mol. The van der Waals surface area contributed by atoms with E-state index in [1.54, 1.807) is 6.07 Å². The SMILES string of the molecule is CNCC(NCC(C)O)C1c2cc(C(O)COc3cc(CCc4cc(CO)c(CCC5CCC6C7CSSCC(N=C(N)NC8CCCCC8)C(C)CCC6C(C5)CC7N)o4)ccc3O)[nH]c2C2C=CC13CCCC3C21CCCC1. The molecule has 8 aliphatic carbocycles. The topological polar surface area (TPSA) is 220 Å². The van der Waals surface area contributed by atoms with Crippen molar-refractivity contribution in [2.75, 3.05) is 38.2 Å². The number of aromatic amines is 1. The maximum absolute atomic E-state index is 12.0. The van der Waals surface area contributed by atoms with Crippen molar-refractivity contribution in [2.24, 2.45) is 68.7 Å². The summed E-state index contributed by atoms with van der Waals surface area (Å²) >= 11 is 0. The third kappa shape index (κ3) is 12.3. The Bertz CT molecular complexity index is 2570. The molecule has 15 unspecified atom stereocenters. The summed E-state index contributed by atoms with van der Waals surface area (Å²) in [6.45, 7) is 5.49. The van der Waals surface area contributed by atoms with E-state index in [1.807, 2.05) is 53.8 Å². The van der Waals surface area contributed by atoms with Crippen LogP contribution >= 0.6 is 21.6 Å². The summed E-state index contributed by atoms with van der Waals surface area (Å²) in [5.41, 5.74) is 19.1. The van der Waals surface area contributed by atoms with Crippen molar-refractivity contribution in [1.82, 2.24) is 20.9 Å². The summed E-state index contributed by atoms with van der Waals surface area (Å²) in [7, 11) is 6.02. The fourth-order valence-corrected chi connectivity index (χ4v) is 21.0. The smallest absolute Gasteiger partial charge is 0.189 e. The third-order valence-electron chi connectivity index (χ3n) is 22.0. The van der Waals surface area contributed by atoms with Crippen molar-refractivity contribution >= 4 is 27.5 Å². The third-order valence-corrected chi connectivity index (χ3v) is 24.5. The number of hydrogen-bond donors (Lipinski definition) is 10. The molecule has 5 saturated carbocycles. The number of rotatable bonds is 19. The number of aryl methyl sites for hydroxylation is 3. The quantitative estimate of drug-likeness (QED) is 0.0234. The standard InChI is InChI=1S/C65H99N7O6S2/c1-39-13-19-47-43-28-41(15-20-48(47)50(52(66)31-43)37-79-80-38-55(39)72-63(67)70-45-10-5-4-6-11-45)17-22-58-44(35-73)30-46(78-58)18-14-42-16-21-56(75)59(29-42)77-36-57(76)53-32-49-61(54(34-68-3)69-33-40(2)74)65-26-9-12-60(65)64(24-7-8-25-64)51(23-27-65)62(49)71-53/h16,21,23,27,29-30,32,39-41,43,45,47-48,50-52,54-55,57,60-61,68-69,71,73-76H,4-15,17-20,22,24-26,28,31,33-38,66H2,1-3H3,(H3,67,70,72). The number of aliphatic hydroxyl groups excluding tert-OH is 3. The molecule has 442 valence electrons. The molecule has 1 saturated heterocycles. The van der Waals surface area contributed by atoms with Crippen molar-refractivity contribution in [3.05, 3.63) is 82.1 Å². The first kappa shape index (κ1) is 58.6. The van der Waals surface area contributed by atoms with Gasteiger partial charge in [-0.15, -0.1) is 0 Å². The van der Waals surface area contributed by atoms with Gasteiger partial charge in [-0.3, -0.25) is 0 Å². The van der Waals surface area contributed by atoms with Crippen LogP contribution in [0.1, 0.15) is 193 Å². The van der Waals surface area contributed by atoms with Gasteiger partial charge in [-0.05, 0) is 180 Å². The van der Waals surface area contributed by atoms with E-state index in [-0.39, 0.29) is 59.8 Å². The summed E-state index contributed by atoms with van der Waals surface area (Å²) in [5.74, 6) is 9.55. The van der Waals surface area contributed by atoms with E-state index in [9.17, 15) is 20.4 Å². The zero-order valence-corrected chi connectivity index (χ0v) is 50.2. The minimum absolute atomic E-state index is 0.00713. The Hall–Kier alpha value is -3.15. The van der Waals surface area contributed by atoms with Gasteiger partial charge in [0.1, 0.15) is 24.2 Å². The number of allylic oxidation sites excluding steroid dienone is 2. The van der Waals surface area contributed by atoms with E-state index in [0.29, 0.717) is 78.6 Å². The number of hydrogen-bond acceptors (Lipinski definition) is 12. The van der Waals surface area contributed by atoms with E-state index < -0.39 is 12.2 Å². The molecule has 1 aliphatic heterocycles. The summed E-state index contributed by atoms with van der Waals surface area (Å²) in [5, 5.41) is 55.0. The summed E-state index contributed by atoms with van der Waals surface area (Å²) < 4.78 is 12.9. The van der Waals surface area contributed by atoms with Crippen LogP contribution < -0.4 is 32.2 Å². The fourth-order valence-electron chi connectivity index (χ4n) is 18.1. The first-order valence-corrected chi connectivity index (χ1v) is 34.3. The molecule has 2 aromatic heterocycles. The maximum atomic E-state index is 12.0. The van der Waals surface area contributed by atoms with Crippen LogP contribution in [0.2, 0.25) is 0 Å². The molecule has 0 radical (unpaired) electrons. The van der Waals surface area contributed by atoms with Gasteiger partial charge in [0, 0.05) is 89.8 Å². The maximum Gasteiger partial charge on any atom is 0.189 e. The molecule has 12 rings (SSSR count). The van der Waals surface area contributed by atoms with Crippen molar-refractivity contribution < 1.29 is 29.6 Å². The van der Waals surface area contributed by atoms with Crippen molar-refractivity contribution in [2.45, 2.75) is 210 Å². The molecule has 9 aliphatic rings. The molecule has 15 heteroatoms. The van der Waals surface area contributed by atoms with E-state index in [2.05, 4.69) is 46.1 Å². The fraction of sp³-hybridized carbons (Fsp3) is 0.738. The Morgan fingerprint density at radius 1 is 0.900 bits per heavy atom. The number of nitrogens with two attached hydrogens (primary N) is 2. The lowest BCUT2D eigenvalue weighted by Gasteiger charge is -2.53. The Balaban J connectivity index is 0.716. The van der Waals surface area contributed by atoms with Crippen LogP contribution in [0.25, 0.3) is 0 Å². The number of guanidine groups is 1. The molecule has 3 heterocycles. The van der Waals surface area contributed by atoms with Crippen molar-refractivity contribution in [1.29, 1.82) is 0 Å². The summed E-state index contributed by atoms with van der Waals surface area (Å²) in [6, 6.07) is 10.8. The van der Waals surface area contributed by atoms with Gasteiger partial charge in [-0.1, -0.05) is 91.7 Å². The van der Waals surface area contributed by atoms with Gasteiger partial charge in [0.2, 0.25) is 0 Å². The molecule has 3 aromatic rings. The predicted molar refractivity (Wildman–Crippen MR) is 325 cm³/mol. The zero-order valence-electron chi connectivity index (χ0n) is 48.5. The number of furan rings is 1. The number of nitrogens with one attached hydrogen (secondary N) is 4. The summed E-state index contributed by atoms with van der Waals surface area (Å²) in [4.78, 5) is 8.98. The van der Waals surface area contributed by atoms with Crippen LogP contribution in [-0.2, 0) is 25.9 Å². The highest BCUT2D eigenvalue weighted by Crippen LogP contribution is 2.73. The van der Waals surface area contributed by atoms with Crippen LogP contribution in [0.3, 0.4) is 0 Å². The second kappa shape index (κ2) is 26.0. The number of aliphatic imine (C=N–C) groups is 1. The number of aromatic nitrogens is 1. The van der Waals surface area contributed by atoms with Crippen LogP contribution in [0.4, 0.5) is 0 Å². The molecule has 80 heavy (non-hydrogen) atoms. The molecule has 6 fully saturated rings. The lowest BCUT2D eigenvalue weighted by atomic mass is 9.52. The molecule has 0 amide bonds. The molecule has 13 nitrogen and oxygen atoms in total. The molecule has 6 bridgehead atoms. The number of aromatic hydroxyl groups is 1. The molecule has 1 aromatic carbocycles. The second-order valence-corrected chi connectivity index (χ2v) is 29.4. The minimum Gasteiger partial charge on any atom is -0.504 e. The summed E-state index contributed by atoms with van der Waals surface area (Å²) in [6.07, 6.45) is 29.1. The Kier molecular flexibility index (Phi) is 19.0. The highest BCUT2D eigenvalue weighted by molar-refractivity contribution is 8.76. The largest absolute Gasteiger partial charge is 0.504 e. The predicted octanol–water partition coefficient (Wildman–Crippen LogP) is 10.7. The Morgan fingerprint density at radius 2 is 1.71 bits per heavy atom. The lowest BCUT2D eigenvalue weighted by Crippen LogP contribution is -2.52. The number of benzene rings is 1. The molecule has 12 N–H and O–H groups in total. The zero-order chi connectivity index (χ0) is 55.5. The van der Waals surface area contributed by atoms with E-state index in [1.165, 1.54) is 114 Å². The minimum atomic E-state index is -0.937. The average molecular weight is 1140 g/mol. The lowest BCUT2D eigenvalue weighted by molar-refractivity contribution is 0.0354. The Labute approximate surface area is 486 Å². The number of nitrogens with zero attached hydrogens (tertiary/aromatic N) is 1. The number of aliphatic hydroxyl groups is 3. The van der Waals surface area contributed by atoms with Gasteiger partial charge in [-0.25, -0.2) is 4.99 Å². The van der Waals surface area contributed by atoms with Crippen LogP contribution in [0.5, 0.6) is 11.5 Å². The Morgan fingerprint density at radius 3 is 2.51 bits per heavy atom. The second-order valence-electron chi connectivity index (χ2n) is 26.8. The molecule has 15 atom stereocenters. The van der Waals surface area contributed by atoms with Crippen molar-refractivity contribution in [3.63, 3.8) is 0 Å².